The standard InChI is InChI=1S/C12H21ClN4S/c1-3-9-12(13)11(17(2)16-9)6-10(15-14)8-4-5-18-7-8/h8,10,15H,3-7,14H2,1-2H3. The number of hydrazine groups is 1. The molecule has 2 unspecified atom stereocenters. The van der Waals surface area contributed by atoms with Crippen molar-refractivity contribution in [3.05, 3.63) is 16.4 Å². The lowest BCUT2D eigenvalue weighted by molar-refractivity contribution is 0.379. The second-order valence-corrected chi connectivity index (χ2v) is 6.31. The summed E-state index contributed by atoms with van der Waals surface area (Å²) >= 11 is 8.38. The summed E-state index contributed by atoms with van der Waals surface area (Å²) in [5.41, 5.74) is 5.03. The van der Waals surface area contributed by atoms with Crippen molar-refractivity contribution >= 4 is 23.4 Å². The van der Waals surface area contributed by atoms with E-state index in [4.69, 9.17) is 17.4 Å². The van der Waals surface area contributed by atoms with E-state index in [1.54, 1.807) is 0 Å². The molecule has 1 saturated heterocycles. The molecule has 2 atom stereocenters. The SMILES string of the molecule is CCc1nn(C)c(CC(NN)C2CCSC2)c1Cl. The van der Waals surface area contributed by atoms with Gasteiger partial charge in [-0.3, -0.25) is 16.0 Å². The maximum Gasteiger partial charge on any atom is 0.0850 e. The number of nitrogens with two attached hydrogens (primary N) is 1. The largest absolute Gasteiger partial charge is 0.271 e. The van der Waals surface area contributed by atoms with Crippen LogP contribution >= 0.6 is 23.4 Å². The molecular weight excluding hydrogens is 268 g/mol. The van der Waals surface area contributed by atoms with Gasteiger partial charge in [0.15, 0.2) is 0 Å². The second kappa shape index (κ2) is 6.28. The van der Waals surface area contributed by atoms with Crippen LogP contribution in [0.25, 0.3) is 0 Å². The molecule has 0 amide bonds. The molecule has 0 saturated carbocycles. The van der Waals surface area contributed by atoms with E-state index in [1.165, 1.54) is 17.9 Å². The smallest absolute Gasteiger partial charge is 0.0850 e. The van der Waals surface area contributed by atoms with Crippen LogP contribution in [0.2, 0.25) is 5.02 Å². The van der Waals surface area contributed by atoms with Crippen LogP contribution in [0.15, 0.2) is 0 Å². The lowest BCUT2D eigenvalue weighted by Crippen LogP contribution is -2.43. The van der Waals surface area contributed by atoms with Crippen LogP contribution in [-0.4, -0.2) is 27.3 Å². The van der Waals surface area contributed by atoms with E-state index in [-0.39, 0.29) is 6.04 Å². The molecule has 1 fully saturated rings. The Morgan fingerprint density at radius 3 is 2.94 bits per heavy atom. The average molecular weight is 289 g/mol. The Hall–Kier alpha value is -0.230. The van der Waals surface area contributed by atoms with Crippen molar-refractivity contribution in [2.45, 2.75) is 32.2 Å². The van der Waals surface area contributed by atoms with E-state index in [1.807, 2.05) is 23.5 Å². The summed E-state index contributed by atoms with van der Waals surface area (Å²) in [6, 6.07) is 0.289. The highest BCUT2D eigenvalue weighted by atomic mass is 35.5. The molecule has 0 aliphatic carbocycles. The highest BCUT2D eigenvalue weighted by Crippen LogP contribution is 2.29. The minimum Gasteiger partial charge on any atom is -0.271 e. The van der Waals surface area contributed by atoms with Crippen LogP contribution in [0.4, 0.5) is 0 Å². The molecule has 18 heavy (non-hydrogen) atoms. The first-order valence-corrected chi connectivity index (χ1v) is 7.94. The highest BCUT2D eigenvalue weighted by Gasteiger charge is 2.27. The second-order valence-electron chi connectivity index (χ2n) is 4.79. The predicted octanol–water partition coefficient (Wildman–Crippen LogP) is 1.76. The van der Waals surface area contributed by atoms with E-state index in [0.717, 1.165) is 29.3 Å². The quantitative estimate of drug-likeness (QED) is 0.640. The van der Waals surface area contributed by atoms with Crippen LogP contribution in [-0.2, 0) is 19.9 Å². The molecule has 0 bridgehead atoms. The Bertz CT molecular complexity index is 401. The Morgan fingerprint density at radius 1 is 1.67 bits per heavy atom. The third kappa shape index (κ3) is 2.85. The molecule has 3 N–H and O–H groups in total. The number of nitrogens with one attached hydrogen (secondary N) is 1. The summed E-state index contributed by atoms with van der Waals surface area (Å²) < 4.78 is 1.90. The fraction of sp³-hybridized carbons (Fsp3) is 0.750. The molecule has 1 aliphatic rings. The van der Waals surface area contributed by atoms with Gasteiger partial charge in [-0.05, 0) is 30.3 Å². The molecule has 1 aliphatic heterocycles. The van der Waals surface area contributed by atoms with Gasteiger partial charge in [-0.2, -0.15) is 16.9 Å². The van der Waals surface area contributed by atoms with Gasteiger partial charge in [0.25, 0.3) is 0 Å². The number of hydrogen-bond donors (Lipinski definition) is 2. The maximum atomic E-state index is 6.38. The highest BCUT2D eigenvalue weighted by molar-refractivity contribution is 7.99. The summed E-state index contributed by atoms with van der Waals surface area (Å²) in [5.74, 6) is 8.77. The third-order valence-electron chi connectivity index (χ3n) is 3.66. The lowest BCUT2D eigenvalue weighted by Gasteiger charge is -2.22. The van der Waals surface area contributed by atoms with Gasteiger partial charge in [-0.25, -0.2) is 0 Å². The molecule has 0 radical (unpaired) electrons. The average Bonchev–Trinajstić information content (AvgIpc) is 2.97. The van der Waals surface area contributed by atoms with Gasteiger partial charge in [0, 0.05) is 19.5 Å². The molecule has 0 spiro atoms. The first kappa shape index (κ1) is 14.2. The summed E-state index contributed by atoms with van der Waals surface area (Å²) in [5, 5.41) is 5.26. The van der Waals surface area contributed by atoms with Gasteiger partial charge in [0.2, 0.25) is 0 Å². The molecule has 4 nitrogen and oxygen atoms in total. The molecule has 1 aromatic rings. The lowest BCUT2D eigenvalue weighted by atomic mass is 9.95. The molecule has 2 heterocycles. The van der Waals surface area contributed by atoms with Gasteiger partial charge in [0.1, 0.15) is 0 Å². The summed E-state index contributed by atoms with van der Waals surface area (Å²) in [7, 11) is 1.96. The van der Waals surface area contributed by atoms with Crippen LogP contribution in [0.1, 0.15) is 24.7 Å². The predicted molar refractivity (Wildman–Crippen MR) is 77.8 cm³/mol. The number of aryl methyl sites for hydroxylation is 2. The Morgan fingerprint density at radius 2 is 2.44 bits per heavy atom. The van der Waals surface area contributed by atoms with E-state index in [0.29, 0.717) is 5.92 Å². The zero-order valence-corrected chi connectivity index (χ0v) is 12.5. The number of thioether (sulfide) groups is 1. The fourth-order valence-corrected chi connectivity index (χ4v) is 4.19. The van der Waals surface area contributed by atoms with Crippen molar-refractivity contribution in [1.29, 1.82) is 0 Å². The zero-order chi connectivity index (χ0) is 13.1. The summed E-state index contributed by atoms with van der Waals surface area (Å²) in [6.45, 7) is 2.07. The van der Waals surface area contributed by atoms with Crippen molar-refractivity contribution in [3.8, 4) is 0 Å². The monoisotopic (exact) mass is 288 g/mol. The van der Waals surface area contributed by atoms with Crippen molar-refractivity contribution in [2.24, 2.45) is 18.8 Å². The molecule has 102 valence electrons. The molecule has 2 rings (SSSR count). The normalized spacial score (nSPS) is 21.4. The fourth-order valence-electron chi connectivity index (χ4n) is 2.48. The van der Waals surface area contributed by atoms with E-state index in [2.05, 4.69) is 17.4 Å². The molecule has 6 heteroatoms. The number of aromatic nitrogens is 2. The van der Waals surface area contributed by atoms with E-state index in [9.17, 15) is 0 Å². The van der Waals surface area contributed by atoms with Crippen molar-refractivity contribution in [1.82, 2.24) is 15.2 Å². The summed E-state index contributed by atoms with van der Waals surface area (Å²) in [4.78, 5) is 0. The Labute approximate surface area is 118 Å². The first-order valence-electron chi connectivity index (χ1n) is 6.41. The third-order valence-corrected chi connectivity index (χ3v) is 5.29. The van der Waals surface area contributed by atoms with Gasteiger partial charge in [0.05, 0.1) is 16.4 Å². The van der Waals surface area contributed by atoms with Crippen molar-refractivity contribution < 1.29 is 0 Å². The van der Waals surface area contributed by atoms with E-state index >= 15 is 0 Å². The van der Waals surface area contributed by atoms with Crippen molar-refractivity contribution in [3.63, 3.8) is 0 Å². The van der Waals surface area contributed by atoms with Crippen LogP contribution in [0.5, 0.6) is 0 Å². The number of hydrogen-bond acceptors (Lipinski definition) is 4. The summed E-state index contributed by atoms with van der Waals surface area (Å²) in [6.07, 6.45) is 2.95. The van der Waals surface area contributed by atoms with Gasteiger partial charge in [-0.1, -0.05) is 18.5 Å². The Kier molecular flexibility index (Phi) is 4.95. The number of rotatable bonds is 5. The first-order chi connectivity index (χ1) is 8.67. The van der Waals surface area contributed by atoms with Crippen LogP contribution < -0.4 is 11.3 Å². The molecule has 0 aromatic carbocycles. The number of nitrogens with zero attached hydrogens (tertiary/aromatic N) is 2. The Balaban J connectivity index is 2.13. The van der Waals surface area contributed by atoms with Gasteiger partial charge in [-0.15, -0.1) is 0 Å². The zero-order valence-electron chi connectivity index (χ0n) is 10.9. The maximum absolute atomic E-state index is 6.38. The van der Waals surface area contributed by atoms with Crippen LogP contribution in [0.3, 0.4) is 0 Å². The van der Waals surface area contributed by atoms with Crippen molar-refractivity contribution in [2.75, 3.05) is 11.5 Å². The van der Waals surface area contributed by atoms with Gasteiger partial charge < -0.3 is 0 Å². The van der Waals surface area contributed by atoms with E-state index < -0.39 is 0 Å². The topological polar surface area (TPSA) is 55.9 Å². The van der Waals surface area contributed by atoms with Crippen LogP contribution in [0, 0.1) is 5.92 Å². The number of halogens is 1. The minimum atomic E-state index is 0.289. The molecule has 1 aromatic heterocycles. The molecular formula is C12H21ClN4S. The van der Waals surface area contributed by atoms with Gasteiger partial charge >= 0.3 is 0 Å². The minimum absolute atomic E-state index is 0.289.